The Bertz CT molecular complexity index is 1060. The fourth-order valence-corrected chi connectivity index (χ4v) is 4.86. The summed E-state index contributed by atoms with van der Waals surface area (Å²) in [4.78, 5) is 24.4. The number of benzene rings is 2. The predicted octanol–water partition coefficient (Wildman–Crippen LogP) is 2.44. The first kappa shape index (κ1) is 19.4. The number of rotatable bonds is 4. The Kier molecular flexibility index (Phi) is 5.01. The molecule has 0 bridgehead atoms. The first-order chi connectivity index (χ1) is 13.8. The Morgan fingerprint density at radius 1 is 1.14 bits per heavy atom. The molecule has 1 fully saturated rings. The number of nitrogens with one attached hydrogen (secondary N) is 2. The van der Waals surface area contributed by atoms with Crippen LogP contribution in [0.4, 0.5) is 11.4 Å². The van der Waals surface area contributed by atoms with Gasteiger partial charge >= 0.3 is 0 Å². The molecule has 29 heavy (non-hydrogen) atoms. The van der Waals surface area contributed by atoms with Crippen LogP contribution < -0.4 is 15.4 Å². The van der Waals surface area contributed by atoms with Gasteiger partial charge in [0.2, 0.25) is 10.0 Å². The van der Waals surface area contributed by atoms with Gasteiger partial charge in [0.05, 0.1) is 10.6 Å². The van der Waals surface area contributed by atoms with Crippen LogP contribution in [0, 0.1) is 0 Å². The number of sulfonamides is 1. The monoisotopic (exact) mass is 415 g/mol. The maximum absolute atomic E-state index is 12.6. The topological polar surface area (TPSA) is 105 Å². The van der Waals surface area contributed by atoms with E-state index in [9.17, 15) is 18.0 Å². The summed E-state index contributed by atoms with van der Waals surface area (Å²) in [6, 6.07) is 10.8. The summed E-state index contributed by atoms with van der Waals surface area (Å²) in [5.41, 5.74) is 1.30. The summed E-state index contributed by atoms with van der Waals surface area (Å²) in [6.45, 7) is 2.71. The van der Waals surface area contributed by atoms with Crippen molar-refractivity contribution < 1.29 is 22.7 Å². The highest BCUT2D eigenvalue weighted by molar-refractivity contribution is 7.89. The van der Waals surface area contributed by atoms with Gasteiger partial charge in [-0.05, 0) is 62.2 Å². The van der Waals surface area contributed by atoms with E-state index < -0.39 is 16.1 Å². The number of ether oxygens (including phenoxy) is 1. The number of hydrogen-bond acceptors (Lipinski definition) is 5. The number of hydrogen-bond donors (Lipinski definition) is 2. The molecule has 2 amide bonds. The smallest absolute Gasteiger partial charge is 0.265 e. The van der Waals surface area contributed by atoms with Crippen LogP contribution in [-0.2, 0) is 14.8 Å². The molecule has 2 N–H and O–H groups in total. The van der Waals surface area contributed by atoms with Crippen molar-refractivity contribution in [1.29, 1.82) is 0 Å². The van der Waals surface area contributed by atoms with E-state index in [-0.39, 0.29) is 16.7 Å². The lowest BCUT2D eigenvalue weighted by atomic mass is 10.2. The van der Waals surface area contributed by atoms with E-state index in [2.05, 4.69) is 10.6 Å². The van der Waals surface area contributed by atoms with Gasteiger partial charge in [0, 0.05) is 24.3 Å². The minimum absolute atomic E-state index is 0.179. The molecule has 152 valence electrons. The second kappa shape index (κ2) is 7.49. The number of amides is 2. The van der Waals surface area contributed by atoms with Crippen LogP contribution in [0.5, 0.6) is 5.75 Å². The molecule has 1 unspecified atom stereocenters. The summed E-state index contributed by atoms with van der Waals surface area (Å²) in [6.07, 6.45) is 1.16. The van der Waals surface area contributed by atoms with Gasteiger partial charge < -0.3 is 15.4 Å². The maximum atomic E-state index is 12.6. The lowest BCUT2D eigenvalue weighted by molar-refractivity contribution is -0.122. The summed E-state index contributed by atoms with van der Waals surface area (Å²) in [5.74, 6) is -0.103. The highest BCUT2D eigenvalue weighted by atomic mass is 32.2. The zero-order chi connectivity index (χ0) is 20.6. The third-order valence-electron chi connectivity index (χ3n) is 4.99. The Balaban J connectivity index is 1.48. The Labute approximate surface area is 168 Å². The van der Waals surface area contributed by atoms with Gasteiger partial charge in [-0.1, -0.05) is 0 Å². The molecule has 2 heterocycles. The summed E-state index contributed by atoms with van der Waals surface area (Å²) >= 11 is 0. The summed E-state index contributed by atoms with van der Waals surface area (Å²) < 4.78 is 32.1. The molecule has 2 aromatic rings. The van der Waals surface area contributed by atoms with Crippen molar-refractivity contribution in [2.24, 2.45) is 0 Å². The fraction of sp³-hybridized carbons (Fsp3) is 0.300. The molecule has 2 aliphatic rings. The molecule has 0 spiro atoms. The molecular formula is C20H21N3O5S. The van der Waals surface area contributed by atoms with Crippen LogP contribution in [-0.4, -0.2) is 43.7 Å². The van der Waals surface area contributed by atoms with Gasteiger partial charge in [-0.25, -0.2) is 8.42 Å². The van der Waals surface area contributed by atoms with E-state index in [1.807, 2.05) is 0 Å². The molecule has 8 nitrogen and oxygen atoms in total. The zero-order valence-corrected chi connectivity index (χ0v) is 16.7. The van der Waals surface area contributed by atoms with Crippen molar-refractivity contribution in [3.63, 3.8) is 0 Å². The van der Waals surface area contributed by atoms with E-state index in [0.29, 0.717) is 35.8 Å². The van der Waals surface area contributed by atoms with Crippen LogP contribution in [0.15, 0.2) is 47.4 Å². The van der Waals surface area contributed by atoms with Gasteiger partial charge in [0.15, 0.2) is 6.10 Å². The van der Waals surface area contributed by atoms with Gasteiger partial charge in [-0.2, -0.15) is 4.31 Å². The van der Waals surface area contributed by atoms with E-state index in [1.165, 1.54) is 28.6 Å². The molecule has 1 atom stereocenters. The highest BCUT2D eigenvalue weighted by Crippen LogP contribution is 2.32. The molecule has 0 aromatic heterocycles. The predicted molar refractivity (Wildman–Crippen MR) is 108 cm³/mol. The molecule has 9 heteroatoms. The minimum atomic E-state index is -3.51. The second-order valence-electron chi connectivity index (χ2n) is 7.05. The molecule has 0 aliphatic carbocycles. The molecule has 0 saturated carbocycles. The van der Waals surface area contributed by atoms with Crippen LogP contribution >= 0.6 is 0 Å². The first-order valence-corrected chi connectivity index (χ1v) is 10.8. The minimum Gasteiger partial charge on any atom is -0.479 e. The van der Waals surface area contributed by atoms with Crippen molar-refractivity contribution in [2.45, 2.75) is 30.8 Å². The number of carbonyl (C=O) groups is 2. The molecule has 1 saturated heterocycles. The number of fused-ring (bicyclic) bond motifs is 1. The Morgan fingerprint density at radius 2 is 1.83 bits per heavy atom. The first-order valence-electron chi connectivity index (χ1n) is 9.38. The summed E-state index contributed by atoms with van der Waals surface area (Å²) in [7, 11) is -3.51. The van der Waals surface area contributed by atoms with Crippen LogP contribution in [0.25, 0.3) is 0 Å². The average molecular weight is 415 g/mol. The summed E-state index contributed by atoms with van der Waals surface area (Å²) in [5, 5.41) is 5.47. The van der Waals surface area contributed by atoms with Gasteiger partial charge in [-0.15, -0.1) is 0 Å². The third kappa shape index (κ3) is 3.83. The molecule has 2 aliphatic heterocycles. The van der Waals surface area contributed by atoms with Crippen molar-refractivity contribution in [1.82, 2.24) is 4.31 Å². The Morgan fingerprint density at radius 3 is 2.52 bits per heavy atom. The van der Waals surface area contributed by atoms with Crippen LogP contribution in [0.2, 0.25) is 0 Å². The third-order valence-corrected chi connectivity index (χ3v) is 6.90. The van der Waals surface area contributed by atoms with Gasteiger partial charge in [0.25, 0.3) is 11.8 Å². The van der Waals surface area contributed by atoms with E-state index in [0.717, 1.165) is 12.8 Å². The molecule has 2 aromatic carbocycles. The van der Waals surface area contributed by atoms with Crippen molar-refractivity contribution in [3.05, 3.63) is 48.0 Å². The van der Waals surface area contributed by atoms with Crippen molar-refractivity contribution in [2.75, 3.05) is 23.7 Å². The molecule has 4 rings (SSSR count). The maximum Gasteiger partial charge on any atom is 0.265 e. The highest BCUT2D eigenvalue weighted by Gasteiger charge is 2.27. The average Bonchev–Trinajstić information content (AvgIpc) is 3.25. The fourth-order valence-electron chi connectivity index (χ4n) is 3.35. The van der Waals surface area contributed by atoms with E-state index in [1.54, 1.807) is 25.1 Å². The second-order valence-corrected chi connectivity index (χ2v) is 8.99. The number of carbonyl (C=O) groups excluding carboxylic acids is 2. The SMILES string of the molecule is CC1Oc2ccc(NC(=O)c3ccc(S(=O)(=O)N4CCCC4)cc3)cc2NC1=O. The normalized spacial score (nSPS) is 19.2. The standard InChI is InChI=1S/C20H21N3O5S/c1-13-19(24)22-17-12-15(6-9-18(17)28-13)21-20(25)14-4-7-16(8-5-14)29(26,27)23-10-2-3-11-23/h4-9,12-13H,2-3,10-11H2,1H3,(H,21,25)(H,22,24). The van der Waals surface area contributed by atoms with Crippen LogP contribution in [0.3, 0.4) is 0 Å². The zero-order valence-electron chi connectivity index (χ0n) is 15.8. The molecule has 0 radical (unpaired) electrons. The molecular weight excluding hydrogens is 394 g/mol. The largest absolute Gasteiger partial charge is 0.479 e. The lowest BCUT2D eigenvalue weighted by Gasteiger charge is -2.23. The van der Waals surface area contributed by atoms with E-state index in [4.69, 9.17) is 4.74 Å². The quantitative estimate of drug-likeness (QED) is 0.798. The Hall–Kier alpha value is -2.91. The lowest BCUT2D eigenvalue weighted by Crippen LogP contribution is -2.34. The van der Waals surface area contributed by atoms with Crippen LogP contribution in [0.1, 0.15) is 30.1 Å². The van der Waals surface area contributed by atoms with Gasteiger partial charge in [-0.3, -0.25) is 9.59 Å². The number of anilines is 2. The number of nitrogens with zero attached hydrogens (tertiary/aromatic N) is 1. The van der Waals surface area contributed by atoms with Gasteiger partial charge in [0.1, 0.15) is 5.75 Å². The van der Waals surface area contributed by atoms with Crippen molar-refractivity contribution >= 4 is 33.2 Å². The van der Waals surface area contributed by atoms with E-state index >= 15 is 0 Å². The van der Waals surface area contributed by atoms with Crippen molar-refractivity contribution in [3.8, 4) is 5.75 Å².